The average Bonchev–Trinajstić information content (AvgIpc) is 2.70. The minimum atomic E-state index is -4.54. The largest absolute Gasteiger partial charge is 0.451 e. The van der Waals surface area contributed by atoms with E-state index in [1.54, 1.807) is 6.07 Å². The van der Waals surface area contributed by atoms with Gasteiger partial charge in [0.2, 0.25) is 0 Å². The first-order valence-electron chi connectivity index (χ1n) is 7.82. The van der Waals surface area contributed by atoms with Gasteiger partial charge in [0.1, 0.15) is 12.7 Å². The lowest BCUT2D eigenvalue weighted by molar-refractivity contribution is -0.138. The molecule has 0 spiro atoms. The second-order valence-corrected chi connectivity index (χ2v) is 5.73. The first kappa shape index (κ1) is 21.8. The summed E-state index contributed by atoms with van der Waals surface area (Å²) in [6.45, 7) is -0.498. The third-order valence-corrected chi connectivity index (χ3v) is 3.75. The van der Waals surface area contributed by atoms with E-state index in [9.17, 15) is 23.2 Å². The van der Waals surface area contributed by atoms with Crippen molar-refractivity contribution in [3.05, 3.63) is 64.2 Å². The van der Waals surface area contributed by atoms with Gasteiger partial charge >= 0.3 is 12.3 Å². The number of alkyl halides is 3. The highest BCUT2D eigenvalue weighted by molar-refractivity contribution is 6.32. The van der Waals surface area contributed by atoms with Crippen LogP contribution in [-0.2, 0) is 22.4 Å². The molecule has 0 aromatic heterocycles. The molecule has 0 fully saturated rings. The van der Waals surface area contributed by atoms with Gasteiger partial charge < -0.3 is 14.4 Å². The van der Waals surface area contributed by atoms with E-state index in [4.69, 9.17) is 21.3 Å². The normalized spacial score (nSPS) is 11.4. The van der Waals surface area contributed by atoms with E-state index in [1.165, 1.54) is 36.4 Å². The predicted octanol–water partition coefficient (Wildman–Crippen LogP) is 4.45. The van der Waals surface area contributed by atoms with Gasteiger partial charge in [-0.2, -0.15) is 23.9 Å². The number of hydroxylamine groups is 1. The number of rotatable bonds is 6. The molecule has 0 aliphatic carbocycles. The second-order valence-electron chi connectivity index (χ2n) is 5.32. The number of carbonyl (C=O) groups is 1. The summed E-state index contributed by atoms with van der Waals surface area (Å²) in [5, 5.41) is 13.0. The zero-order valence-corrected chi connectivity index (χ0v) is 15.5. The Morgan fingerprint density at radius 3 is 2.66 bits per heavy atom. The molecular formula is C18H13ClF3N3O4. The Balaban J connectivity index is 2.17. The summed E-state index contributed by atoms with van der Waals surface area (Å²) in [4.78, 5) is 21.0. The van der Waals surface area contributed by atoms with Crippen molar-refractivity contribution in [3.63, 3.8) is 0 Å². The summed E-state index contributed by atoms with van der Waals surface area (Å²) in [6.07, 6.45) is -5.43. The molecule has 2 aromatic carbocycles. The van der Waals surface area contributed by atoms with Crippen LogP contribution in [0.3, 0.4) is 0 Å². The third-order valence-electron chi connectivity index (χ3n) is 3.44. The number of nitriles is 1. The van der Waals surface area contributed by atoms with Crippen molar-refractivity contribution in [1.29, 1.82) is 5.26 Å². The monoisotopic (exact) mass is 427 g/mol. The zero-order valence-electron chi connectivity index (χ0n) is 14.8. The Hall–Kier alpha value is -3.45. The maximum Gasteiger partial charge on any atom is 0.440 e. The van der Waals surface area contributed by atoms with Gasteiger partial charge in [-0.3, -0.25) is 0 Å². The van der Waals surface area contributed by atoms with Crippen LogP contribution < -0.4 is 10.3 Å². The van der Waals surface area contributed by atoms with Crippen LogP contribution in [-0.4, -0.2) is 18.9 Å². The van der Waals surface area contributed by atoms with Crippen LogP contribution >= 0.6 is 11.6 Å². The fourth-order valence-corrected chi connectivity index (χ4v) is 2.25. The number of carbonyl (C=O) groups excluding carboxylic acids is 1. The lowest BCUT2D eigenvalue weighted by Crippen LogP contribution is -2.26. The van der Waals surface area contributed by atoms with Gasteiger partial charge in [0, 0.05) is 11.1 Å². The molecule has 0 heterocycles. The molecule has 11 heteroatoms. The van der Waals surface area contributed by atoms with Gasteiger partial charge in [0.15, 0.2) is 11.5 Å². The number of ether oxygens (including phenoxy) is 1. The van der Waals surface area contributed by atoms with E-state index in [1.807, 2.05) is 5.48 Å². The molecule has 0 bridgehead atoms. The van der Waals surface area contributed by atoms with Crippen LogP contribution in [0.4, 0.5) is 18.0 Å². The number of hydrogen-bond donors (Lipinski definition) is 1. The Labute approximate surface area is 168 Å². The Kier molecular flexibility index (Phi) is 7.27. The molecule has 2 rings (SSSR count). The summed E-state index contributed by atoms with van der Waals surface area (Å²) in [7, 11) is 1.13. The summed E-state index contributed by atoms with van der Waals surface area (Å²) < 4.78 is 43.3. The molecule has 29 heavy (non-hydrogen) atoms. The van der Waals surface area contributed by atoms with E-state index >= 15 is 0 Å². The van der Waals surface area contributed by atoms with Gasteiger partial charge in [-0.25, -0.2) is 4.79 Å². The highest BCUT2D eigenvalue weighted by atomic mass is 35.5. The van der Waals surface area contributed by atoms with E-state index in [0.29, 0.717) is 0 Å². The van der Waals surface area contributed by atoms with Crippen LogP contribution in [0.1, 0.15) is 16.7 Å². The van der Waals surface area contributed by atoms with Crippen LogP contribution in [0, 0.1) is 11.3 Å². The van der Waals surface area contributed by atoms with Crippen LogP contribution in [0.2, 0.25) is 5.02 Å². The number of methoxy groups -OCH3 is 1. The topological polar surface area (TPSA) is 92.9 Å². The Morgan fingerprint density at radius 2 is 2.00 bits per heavy atom. The van der Waals surface area contributed by atoms with Crippen LogP contribution in [0.5, 0.6) is 5.75 Å². The van der Waals surface area contributed by atoms with Crippen molar-refractivity contribution in [1.82, 2.24) is 5.48 Å². The number of nitrogens with zero attached hydrogens (tertiary/aromatic N) is 2. The molecule has 152 valence electrons. The van der Waals surface area contributed by atoms with Gasteiger partial charge in [-0.1, -0.05) is 41.0 Å². The zero-order chi connectivity index (χ0) is 21.4. The van der Waals surface area contributed by atoms with Crippen molar-refractivity contribution in [2.75, 3.05) is 7.11 Å². The quantitative estimate of drug-likeness (QED) is 0.543. The third kappa shape index (κ3) is 6.02. The van der Waals surface area contributed by atoms with Crippen molar-refractivity contribution in [2.45, 2.75) is 12.8 Å². The van der Waals surface area contributed by atoms with Crippen LogP contribution in [0.25, 0.3) is 0 Å². The standard InChI is InChI=1S/C18H13ClF3N3O4/c1-27-17(26)25-29-16-8-11(6-7-14(16)19)15(9-23)24-28-10-12-4-2-3-5-13(12)18(20,21)22/h2-8H,10H2,1H3,(H,25,26). The Morgan fingerprint density at radius 1 is 1.28 bits per heavy atom. The van der Waals surface area contributed by atoms with Gasteiger partial charge in [0.05, 0.1) is 17.7 Å². The SMILES string of the molecule is COC(=O)NOc1cc(C(C#N)=NOCc2ccccc2C(F)(F)F)ccc1Cl. The lowest BCUT2D eigenvalue weighted by Gasteiger charge is -2.11. The first-order chi connectivity index (χ1) is 13.8. The second kappa shape index (κ2) is 9.66. The molecule has 2 aromatic rings. The Bertz CT molecular complexity index is 958. The van der Waals surface area contributed by atoms with E-state index in [0.717, 1.165) is 13.2 Å². The molecule has 0 aliphatic rings. The maximum absolute atomic E-state index is 13.0. The molecule has 1 N–H and O–H groups in total. The van der Waals surface area contributed by atoms with Crippen molar-refractivity contribution in [2.24, 2.45) is 5.16 Å². The number of halogens is 4. The fraction of sp³-hybridized carbons (Fsp3) is 0.167. The molecule has 0 saturated carbocycles. The summed E-state index contributed by atoms with van der Waals surface area (Å²) in [5.41, 5.74) is 0.915. The number of nitrogens with one attached hydrogen (secondary N) is 1. The number of amides is 1. The van der Waals surface area contributed by atoms with Crippen molar-refractivity contribution < 1.29 is 32.4 Å². The molecule has 0 saturated heterocycles. The van der Waals surface area contributed by atoms with Crippen molar-refractivity contribution in [3.8, 4) is 11.8 Å². The fourth-order valence-electron chi connectivity index (χ4n) is 2.09. The van der Waals surface area contributed by atoms with E-state index in [2.05, 4.69) is 9.89 Å². The van der Waals surface area contributed by atoms with E-state index < -0.39 is 24.4 Å². The van der Waals surface area contributed by atoms with Crippen LogP contribution in [0.15, 0.2) is 47.6 Å². The highest BCUT2D eigenvalue weighted by Gasteiger charge is 2.33. The lowest BCUT2D eigenvalue weighted by atomic mass is 10.1. The van der Waals surface area contributed by atoms with Gasteiger partial charge in [-0.05, 0) is 18.2 Å². The van der Waals surface area contributed by atoms with Crippen molar-refractivity contribution >= 4 is 23.4 Å². The number of benzene rings is 2. The number of hydrogen-bond acceptors (Lipinski definition) is 6. The summed E-state index contributed by atoms with van der Waals surface area (Å²) >= 11 is 5.94. The maximum atomic E-state index is 13.0. The summed E-state index contributed by atoms with van der Waals surface area (Å²) in [5.74, 6) is -0.0140. The number of oxime groups is 1. The minimum absolute atomic E-state index is 0.0140. The van der Waals surface area contributed by atoms with E-state index in [-0.39, 0.29) is 27.6 Å². The molecule has 0 radical (unpaired) electrons. The molecule has 1 amide bonds. The van der Waals surface area contributed by atoms with Gasteiger partial charge in [-0.15, -0.1) is 0 Å². The first-order valence-corrected chi connectivity index (χ1v) is 8.20. The molecule has 0 unspecified atom stereocenters. The highest BCUT2D eigenvalue weighted by Crippen LogP contribution is 2.32. The predicted molar refractivity (Wildman–Crippen MR) is 96.0 cm³/mol. The smallest absolute Gasteiger partial charge is 0.440 e. The minimum Gasteiger partial charge on any atom is -0.451 e. The molecular weight excluding hydrogens is 415 g/mol. The summed E-state index contributed by atoms with van der Waals surface area (Å²) in [6, 6.07) is 10.7. The molecule has 0 atom stereocenters. The molecule has 7 nitrogen and oxygen atoms in total. The van der Waals surface area contributed by atoms with Gasteiger partial charge in [0.25, 0.3) is 0 Å². The average molecular weight is 428 g/mol. The molecule has 0 aliphatic heterocycles.